The molecule has 0 aliphatic carbocycles. The number of carbonyl (C=O) groups excluding carboxylic acids is 1. The molecule has 0 aliphatic heterocycles. The van der Waals surface area contributed by atoms with Crippen molar-refractivity contribution in [2.24, 2.45) is 5.73 Å². The summed E-state index contributed by atoms with van der Waals surface area (Å²) in [4.78, 5) is 17.6. The standard InChI is InChI=1S/C15H21N5O/c1-4-20-15(17-14(18-20)9-13(16)21)12-7-5-6-11(8-12)10-19(2)3/h5-8H,4,9-10H2,1-3H3,(H2,16,21). The minimum atomic E-state index is -0.420. The molecule has 1 aromatic carbocycles. The molecule has 2 rings (SSSR count). The van der Waals surface area contributed by atoms with Gasteiger partial charge in [0, 0.05) is 18.7 Å². The van der Waals surface area contributed by atoms with Crippen LogP contribution in [0.2, 0.25) is 0 Å². The molecule has 1 amide bonds. The van der Waals surface area contributed by atoms with Crippen LogP contribution in [-0.2, 0) is 24.3 Å². The largest absolute Gasteiger partial charge is 0.369 e. The van der Waals surface area contributed by atoms with Crippen molar-refractivity contribution in [3.8, 4) is 11.4 Å². The van der Waals surface area contributed by atoms with Crippen molar-refractivity contribution in [2.75, 3.05) is 14.1 Å². The second-order valence-corrected chi connectivity index (χ2v) is 5.25. The summed E-state index contributed by atoms with van der Waals surface area (Å²) >= 11 is 0. The second kappa shape index (κ2) is 6.49. The Bertz CT molecular complexity index is 633. The van der Waals surface area contributed by atoms with Gasteiger partial charge in [0.05, 0.1) is 6.42 Å². The first-order chi connectivity index (χ1) is 9.99. The molecule has 0 saturated heterocycles. The molecule has 112 valence electrons. The van der Waals surface area contributed by atoms with Gasteiger partial charge in [-0.15, -0.1) is 0 Å². The van der Waals surface area contributed by atoms with E-state index < -0.39 is 5.91 Å². The fraction of sp³-hybridized carbons (Fsp3) is 0.400. The van der Waals surface area contributed by atoms with Gasteiger partial charge in [0.15, 0.2) is 11.6 Å². The molecule has 21 heavy (non-hydrogen) atoms. The molecule has 1 heterocycles. The van der Waals surface area contributed by atoms with Gasteiger partial charge in [-0.2, -0.15) is 5.10 Å². The second-order valence-electron chi connectivity index (χ2n) is 5.25. The SMILES string of the molecule is CCn1nc(CC(N)=O)nc1-c1cccc(CN(C)C)c1. The van der Waals surface area contributed by atoms with E-state index >= 15 is 0 Å². The molecule has 0 radical (unpaired) electrons. The molecule has 0 aliphatic rings. The van der Waals surface area contributed by atoms with Crippen LogP contribution in [0.5, 0.6) is 0 Å². The van der Waals surface area contributed by atoms with E-state index in [4.69, 9.17) is 5.73 Å². The summed E-state index contributed by atoms with van der Waals surface area (Å²) < 4.78 is 1.80. The van der Waals surface area contributed by atoms with Crippen molar-refractivity contribution >= 4 is 5.91 Å². The topological polar surface area (TPSA) is 77.0 Å². The maximum atomic E-state index is 11.0. The molecule has 1 aromatic heterocycles. The predicted molar refractivity (Wildman–Crippen MR) is 81.4 cm³/mol. The number of primary amides is 1. The first-order valence-electron chi connectivity index (χ1n) is 6.95. The van der Waals surface area contributed by atoms with Crippen molar-refractivity contribution in [3.05, 3.63) is 35.7 Å². The van der Waals surface area contributed by atoms with Crippen molar-refractivity contribution in [3.63, 3.8) is 0 Å². The summed E-state index contributed by atoms with van der Waals surface area (Å²) in [6, 6.07) is 8.20. The molecule has 0 atom stereocenters. The highest BCUT2D eigenvalue weighted by molar-refractivity contribution is 5.75. The zero-order valence-electron chi connectivity index (χ0n) is 12.7. The van der Waals surface area contributed by atoms with E-state index in [9.17, 15) is 4.79 Å². The summed E-state index contributed by atoms with van der Waals surface area (Å²) in [6.07, 6.45) is 0.0669. The molecule has 0 bridgehead atoms. The fourth-order valence-electron chi connectivity index (χ4n) is 2.23. The third-order valence-corrected chi connectivity index (χ3v) is 3.03. The van der Waals surface area contributed by atoms with Gasteiger partial charge in [-0.05, 0) is 32.6 Å². The quantitative estimate of drug-likeness (QED) is 0.861. The molecule has 6 heteroatoms. The first kappa shape index (κ1) is 15.2. The van der Waals surface area contributed by atoms with Crippen LogP contribution in [-0.4, -0.2) is 39.7 Å². The lowest BCUT2D eigenvalue weighted by atomic mass is 10.1. The maximum absolute atomic E-state index is 11.0. The Morgan fingerprint density at radius 3 is 2.76 bits per heavy atom. The number of nitrogens with two attached hydrogens (primary N) is 1. The summed E-state index contributed by atoms with van der Waals surface area (Å²) in [5.74, 6) is 0.822. The number of nitrogens with zero attached hydrogens (tertiary/aromatic N) is 4. The van der Waals surface area contributed by atoms with E-state index in [1.807, 2.05) is 33.2 Å². The monoisotopic (exact) mass is 287 g/mol. The van der Waals surface area contributed by atoms with Crippen molar-refractivity contribution in [1.29, 1.82) is 0 Å². The lowest BCUT2D eigenvalue weighted by molar-refractivity contribution is -0.117. The number of benzene rings is 1. The average Bonchev–Trinajstić information content (AvgIpc) is 2.80. The Hall–Kier alpha value is -2.21. The highest BCUT2D eigenvalue weighted by Crippen LogP contribution is 2.19. The molecular weight excluding hydrogens is 266 g/mol. The normalized spacial score (nSPS) is 11.0. The molecule has 0 unspecified atom stereocenters. The Kier molecular flexibility index (Phi) is 4.70. The van der Waals surface area contributed by atoms with Gasteiger partial charge in [-0.3, -0.25) is 4.79 Å². The number of carbonyl (C=O) groups is 1. The molecule has 2 aromatic rings. The highest BCUT2D eigenvalue weighted by Gasteiger charge is 2.13. The molecule has 6 nitrogen and oxygen atoms in total. The zero-order chi connectivity index (χ0) is 15.4. The van der Waals surface area contributed by atoms with E-state index in [0.717, 1.165) is 17.9 Å². The van der Waals surface area contributed by atoms with Crippen LogP contribution in [0.1, 0.15) is 18.3 Å². The minimum Gasteiger partial charge on any atom is -0.369 e. The molecule has 2 N–H and O–H groups in total. The van der Waals surface area contributed by atoms with Crippen molar-refractivity contribution in [1.82, 2.24) is 19.7 Å². The van der Waals surface area contributed by atoms with E-state index in [1.165, 1.54) is 5.56 Å². The van der Waals surface area contributed by atoms with Crippen molar-refractivity contribution < 1.29 is 4.79 Å². The predicted octanol–water partition coefficient (Wildman–Crippen LogP) is 1.05. The number of hydrogen-bond acceptors (Lipinski definition) is 4. The number of amides is 1. The molecule has 0 spiro atoms. The van der Waals surface area contributed by atoms with Gasteiger partial charge < -0.3 is 10.6 Å². The lowest BCUT2D eigenvalue weighted by Crippen LogP contribution is -2.14. The third kappa shape index (κ3) is 3.88. The minimum absolute atomic E-state index is 0.0669. The fourth-order valence-corrected chi connectivity index (χ4v) is 2.23. The van der Waals surface area contributed by atoms with Gasteiger partial charge in [0.1, 0.15) is 0 Å². The van der Waals surface area contributed by atoms with Crippen LogP contribution in [0, 0.1) is 0 Å². The van der Waals surface area contributed by atoms with Crippen LogP contribution in [0.25, 0.3) is 11.4 Å². The third-order valence-electron chi connectivity index (χ3n) is 3.03. The molecule has 0 saturated carbocycles. The van der Waals surface area contributed by atoms with E-state index in [0.29, 0.717) is 12.4 Å². The van der Waals surface area contributed by atoms with Crippen LogP contribution < -0.4 is 5.73 Å². The Morgan fingerprint density at radius 2 is 2.14 bits per heavy atom. The summed E-state index contributed by atoms with van der Waals surface area (Å²) in [6.45, 7) is 3.55. The maximum Gasteiger partial charge on any atom is 0.225 e. The smallest absolute Gasteiger partial charge is 0.225 e. The van der Waals surface area contributed by atoms with Crippen molar-refractivity contribution in [2.45, 2.75) is 26.4 Å². The highest BCUT2D eigenvalue weighted by atomic mass is 16.1. The number of aryl methyl sites for hydroxylation is 1. The first-order valence-corrected chi connectivity index (χ1v) is 6.95. The van der Waals surface area contributed by atoms with Crippen LogP contribution in [0.15, 0.2) is 24.3 Å². The summed E-state index contributed by atoms with van der Waals surface area (Å²) in [5.41, 5.74) is 7.42. The lowest BCUT2D eigenvalue weighted by Gasteiger charge is -2.10. The molecule has 0 fully saturated rings. The van der Waals surface area contributed by atoms with Gasteiger partial charge in [0.2, 0.25) is 5.91 Å². The van der Waals surface area contributed by atoms with E-state index in [1.54, 1.807) is 4.68 Å². The van der Waals surface area contributed by atoms with Crippen LogP contribution in [0.3, 0.4) is 0 Å². The summed E-state index contributed by atoms with van der Waals surface area (Å²) in [5, 5.41) is 4.33. The van der Waals surface area contributed by atoms with Gasteiger partial charge in [-0.25, -0.2) is 9.67 Å². The molecular formula is C15H21N5O. The number of aromatic nitrogens is 3. The number of hydrogen-bond donors (Lipinski definition) is 1. The van der Waals surface area contributed by atoms with Gasteiger partial charge in [0.25, 0.3) is 0 Å². The zero-order valence-corrected chi connectivity index (χ0v) is 12.7. The average molecular weight is 287 g/mol. The van der Waals surface area contributed by atoms with E-state index in [-0.39, 0.29) is 6.42 Å². The Morgan fingerprint density at radius 1 is 1.38 bits per heavy atom. The van der Waals surface area contributed by atoms with Crippen LogP contribution >= 0.6 is 0 Å². The van der Waals surface area contributed by atoms with E-state index in [2.05, 4.69) is 27.1 Å². The van der Waals surface area contributed by atoms with Crippen LogP contribution in [0.4, 0.5) is 0 Å². The Balaban J connectivity index is 2.36. The van der Waals surface area contributed by atoms with Gasteiger partial charge in [-0.1, -0.05) is 18.2 Å². The summed E-state index contributed by atoms with van der Waals surface area (Å²) in [7, 11) is 4.07. The Labute approximate surface area is 124 Å². The van der Waals surface area contributed by atoms with Gasteiger partial charge >= 0.3 is 0 Å². The number of rotatable bonds is 6.